The molecule has 2 atom stereocenters. The van der Waals surface area contributed by atoms with Gasteiger partial charge in [0.1, 0.15) is 11.4 Å². The quantitative estimate of drug-likeness (QED) is 0.551. The number of piperidine rings is 1. The molecule has 0 aliphatic carbocycles. The van der Waals surface area contributed by atoms with Gasteiger partial charge in [-0.3, -0.25) is 10.2 Å². The SMILES string of the molecule is Cc1cc(-c2ccccc2)cc(C(=O)NNS(=O)(=O)C(C)C2CCCN(C(=O)OC(C)(C)C)C2)c1F. The van der Waals surface area contributed by atoms with E-state index in [1.54, 1.807) is 33.8 Å². The number of halogens is 1. The fourth-order valence-corrected chi connectivity index (χ4v) is 5.30. The fraction of sp³-hybridized carbons (Fsp3) is 0.462. The Hall–Kier alpha value is -2.98. The minimum atomic E-state index is -4.02. The van der Waals surface area contributed by atoms with Gasteiger partial charge < -0.3 is 9.64 Å². The Bertz CT molecular complexity index is 1210. The Morgan fingerprint density at radius 1 is 1.14 bits per heavy atom. The zero-order chi connectivity index (χ0) is 26.7. The predicted octanol–water partition coefficient (Wildman–Crippen LogP) is 4.40. The van der Waals surface area contributed by atoms with Gasteiger partial charge in [-0.2, -0.15) is 0 Å². The zero-order valence-corrected chi connectivity index (χ0v) is 22.1. The van der Waals surface area contributed by atoms with E-state index in [2.05, 4.69) is 10.3 Å². The lowest BCUT2D eigenvalue weighted by Gasteiger charge is -2.36. The second-order valence-corrected chi connectivity index (χ2v) is 12.2. The zero-order valence-electron chi connectivity index (χ0n) is 21.3. The number of ether oxygens (including phenoxy) is 1. The highest BCUT2D eigenvalue weighted by Crippen LogP contribution is 2.26. The molecule has 1 aliphatic heterocycles. The topological polar surface area (TPSA) is 105 Å². The third-order valence-electron chi connectivity index (χ3n) is 6.18. The second-order valence-electron chi connectivity index (χ2n) is 10.2. The Morgan fingerprint density at radius 2 is 1.81 bits per heavy atom. The summed E-state index contributed by atoms with van der Waals surface area (Å²) < 4.78 is 46.1. The van der Waals surface area contributed by atoms with Crippen molar-refractivity contribution in [1.82, 2.24) is 15.2 Å². The van der Waals surface area contributed by atoms with Crippen LogP contribution in [0, 0.1) is 18.7 Å². The molecule has 36 heavy (non-hydrogen) atoms. The summed E-state index contributed by atoms with van der Waals surface area (Å²) in [6, 6.07) is 12.2. The highest BCUT2D eigenvalue weighted by atomic mass is 32.2. The van der Waals surface area contributed by atoms with E-state index >= 15 is 0 Å². The minimum Gasteiger partial charge on any atom is -0.444 e. The number of hydrogen-bond acceptors (Lipinski definition) is 5. The summed E-state index contributed by atoms with van der Waals surface area (Å²) in [6.45, 7) is 9.09. The Labute approximate surface area is 212 Å². The fourth-order valence-electron chi connectivity index (χ4n) is 4.15. The molecule has 3 rings (SSSR count). The maximum atomic E-state index is 14.8. The van der Waals surface area contributed by atoms with Crippen molar-refractivity contribution in [1.29, 1.82) is 0 Å². The highest BCUT2D eigenvalue weighted by Gasteiger charge is 2.35. The standard InChI is InChI=1S/C26H34FN3O5S/c1-17-14-21(19-10-7-6-8-11-19)15-22(23(17)27)24(31)28-29-36(33,34)18(2)20-12-9-13-30(16-20)25(32)35-26(3,4)5/h6-8,10-11,14-15,18,20,29H,9,12-13,16H2,1-5H3,(H,28,31). The molecule has 2 amide bonds. The number of sulfonamides is 1. The first kappa shape index (κ1) is 27.6. The number of hydrogen-bond donors (Lipinski definition) is 2. The van der Waals surface area contributed by atoms with Gasteiger partial charge in [0.2, 0.25) is 10.0 Å². The van der Waals surface area contributed by atoms with E-state index in [-0.39, 0.29) is 23.6 Å². The monoisotopic (exact) mass is 519 g/mol. The summed E-state index contributed by atoms with van der Waals surface area (Å²) in [5, 5.41) is -0.912. The molecule has 2 aromatic rings. The molecular weight excluding hydrogens is 485 g/mol. The number of aryl methyl sites for hydroxylation is 1. The summed E-state index contributed by atoms with van der Waals surface area (Å²) in [5.74, 6) is -1.98. The lowest BCUT2D eigenvalue weighted by molar-refractivity contribution is 0.0165. The van der Waals surface area contributed by atoms with Crippen LogP contribution in [0.2, 0.25) is 0 Å². The molecule has 0 bridgehead atoms. The third-order valence-corrected chi connectivity index (χ3v) is 7.93. The smallest absolute Gasteiger partial charge is 0.410 e. The lowest BCUT2D eigenvalue weighted by Crippen LogP contribution is -2.51. The van der Waals surface area contributed by atoms with Crippen LogP contribution < -0.4 is 10.3 Å². The van der Waals surface area contributed by atoms with E-state index in [1.165, 1.54) is 17.9 Å². The summed E-state index contributed by atoms with van der Waals surface area (Å²) >= 11 is 0. The van der Waals surface area contributed by atoms with Crippen molar-refractivity contribution in [3.63, 3.8) is 0 Å². The number of benzene rings is 2. The first-order valence-electron chi connectivity index (χ1n) is 11.9. The van der Waals surface area contributed by atoms with Gasteiger partial charge in [0.05, 0.1) is 10.8 Å². The number of amides is 2. The van der Waals surface area contributed by atoms with Crippen LogP contribution in [-0.4, -0.2) is 49.3 Å². The number of rotatable bonds is 6. The van der Waals surface area contributed by atoms with Crippen LogP contribution in [0.4, 0.5) is 9.18 Å². The molecule has 0 saturated carbocycles. The van der Waals surface area contributed by atoms with E-state index in [0.29, 0.717) is 24.9 Å². The van der Waals surface area contributed by atoms with Crippen LogP contribution in [0.25, 0.3) is 11.1 Å². The van der Waals surface area contributed by atoms with E-state index < -0.39 is 38.7 Å². The van der Waals surface area contributed by atoms with Gasteiger partial charge in [0.25, 0.3) is 5.91 Å². The van der Waals surface area contributed by atoms with Gasteiger partial charge in [-0.25, -0.2) is 17.6 Å². The molecule has 2 N–H and O–H groups in total. The molecule has 0 aromatic heterocycles. The number of nitrogens with zero attached hydrogens (tertiary/aromatic N) is 1. The normalized spacial score (nSPS) is 17.4. The van der Waals surface area contributed by atoms with Crippen molar-refractivity contribution >= 4 is 22.0 Å². The molecule has 1 saturated heterocycles. The minimum absolute atomic E-state index is 0.220. The van der Waals surface area contributed by atoms with Crippen LogP contribution in [0.3, 0.4) is 0 Å². The molecule has 2 unspecified atom stereocenters. The Kier molecular flexibility index (Phi) is 8.40. The first-order chi connectivity index (χ1) is 16.8. The Balaban J connectivity index is 1.69. The number of nitrogens with one attached hydrogen (secondary N) is 2. The van der Waals surface area contributed by atoms with Gasteiger partial charge in [-0.1, -0.05) is 30.3 Å². The number of likely N-dealkylation sites (tertiary alicyclic amines) is 1. The Morgan fingerprint density at radius 3 is 2.44 bits per heavy atom. The average molecular weight is 520 g/mol. The van der Waals surface area contributed by atoms with Crippen molar-refractivity contribution in [2.24, 2.45) is 5.92 Å². The average Bonchev–Trinajstić information content (AvgIpc) is 2.83. The van der Waals surface area contributed by atoms with Crippen molar-refractivity contribution in [2.45, 2.75) is 58.3 Å². The van der Waals surface area contributed by atoms with Crippen molar-refractivity contribution < 1.29 is 27.1 Å². The van der Waals surface area contributed by atoms with Crippen LogP contribution in [0.5, 0.6) is 0 Å². The van der Waals surface area contributed by atoms with E-state index in [9.17, 15) is 22.4 Å². The van der Waals surface area contributed by atoms with Gasteiger partial charge in [0.15, 0.2) is 0 Å². The molecule has 10 heteroatoms. The van der Waals surface area contributed by atoms with Crippen molar-refractivity contribution in [2.75, 3.05) is 13.1 Å². The third kappa shape index (κ3) is 6.82. The van der Waals surface area contributed by atoms with Crippen molar-refractivity contribution in [3.05, 3.63) is 59.4 Å². The summed E-state index contributed by atoms with van der Waals surface area (Å²) in [5.41, 5.74) is 2.94. The van der Waals surface area contributed by atoms with Gasteiger partial charge in [-0.05, 0) is 82.2 Å². The maximum absolute atomic E-state index is 14.8. The van der Waals surface area contributed by atoms with Gasteiger partial charge in [-0.15, -0.1) is 4.83 Å². The van der Waals surface area contributed by atoms with E-state index in [1.807, 2.05) is 30.3 Å². The number of carbonyl (C=O) groups is 2. The first-order valence-corrected chi connectivity index (χ1v) is 13.5. The summed E-state index contributed by atoms with van der Waals surface area (Å²) in [7, 11) is -4.02. The molecule has 2 aromatic carbocycles. The number of hydrazine groups is 1. The summed E-state index contributed by atoms with van der Waals surface area (Å²) in [4.78, 5) is 28.8. The van der Waals surface area contributed by atoms with E-state index in [4.69, 9.17) is 4.74 Å². The molecule has 196 valence electrons. The maximum Gasteiger partial charge on any atom is 0.410 e. The summed E-state index contributed by atoms with van der Waals surface area (Å²) in [6.07, 6.45) is 0.747. The highest BCUT2D eigenvalue weighted by molar-refractivity contribution is 7.90. The second kappa shape index (κ2) is 11.0. The molecular formula is C26H34FN3O5S. The molecule has 0 spiro atoms. The van der Waals surface area contributed by atoms with Gasteiger partial charge >= 0.3 is 6.09 Å². The lowest BCUT2D eigenvalue weighted by atomic mass is 9.95. The molecule has 1 aliphatic rings. The van der Waals surface area contributed by atoms with Crippen LogP contribution in [-0.2, 0) is 14.8 Å². The largest absolute Gasteiger partial charge is 0.444 e. The molecule has 1 fully saturated rings. The van der Waals surface area contributed by atoms with Crippen LogP contribution >= 0.6 is 0 Å². The molecule has 0 radical (unpaired) electrons. The van der Waals surface area contributed by atoms with E-state index in [0.717, 1.165) is 5.56 Å². The van der Waals surface area contributed by atoms with Gasteiger partial charge in [0, 0.05) is 13.1 Å². The molecule has 8 nitrogen and oxygen atoms in total. The van der Waals surface area contributed by atoms with Crippen molar-refractivity contribution in [3.8, 4) is 11.1 Å². The predicted molar refractivity (Wildman–Crippen MR) is 136 cm³/mol. The van der Waals surface area contributed by atoms with Crippen LogP contribution in [0.1, 0.15) is 56.5 Å². The number of carbonyl (C=O) groups excluding carboxylic acids is 2. The van der Waals surface area contributed by atoms with Crippen LogP contribution in [0.15, 0.2) is 42.5 Å². The molecule has 1 heterocycles.